The highest BCUT2D eigenvalue weighted by Crippen LogP contribution is 2.30. The van der Waals surface area contributed by atoms with Gasteiger partial charge in [-0.05, 0) is 50.2 Å². The molecule has 37 heavy (non-hydrogen) atoms. The number of hydrazone groups is 1. The smallest absolute Gasteiger partial charge is 0.264 e. The molecule has 8 nitrogen and oxygen atoms in total. The molecule has 190 valence electrons. The Morgan fingerprint density at radius 1 is 1.00 bits per heavy atom. The summed E-state index contributed by atoms with van der Waals surface area (Å²) < 4.78 is 29.6. The fourth-order valence-electron chi connectivity index (χ4n) is 3.57. The van der Waals surface area contributed by atoms with E-state index in [0.29, 0.717) is 11.3 Å². The summed E-state index contributed by atoms with van der Waals surface area (Å²) in [5.74, 6) is -0.670. The first-order valence-corrected chi connectivity index (χ1v) is 13.3. The molecule has 4 aromatic rings. The quantitative estimate of drug-likeness (QED) is 0.240. The van der Waals surface area contributed by atoms with Crippen LogP contribution in [0.3, 0.4) is 0 Å². The van der Waals surface area contributed by atoms with Crippen molar-refractivity contribution >= 4 is 51.0 Å². The number of aryl methyl sites for hydroxylation is 1. The zero-order chi connectivity index (χ0) is 26.6. The Morgan fingerprint density at radius 3 is 2.32 bits per heavy atom. The lowest BCUT2D eigenvalue weighted by Gasteiger charge is -2.24. The number of amides is 1. The van der Waals surface area contributed by atoms with Gasteiger partial charge in [0.05, 0.1) is 38.8 Å². The fraction of sp³-hybridized carbons (Fsp3) is 0.115. The van der Waals surface area contributed by atoms with Crippen LogP contribution < -0.4 is 9.73 Å². The predicted molar refractivity (Wildman–Crippen MR) is 146 cm³/mol. The van der Waals surface area contributed by atoms with E-state index in [1.54, 1.807) is 35.0 Å². The second kappa shape index (κ2) is 11.2. The Balaban J connectivity index is 1.57. The minimum absolute atomic E-state index is 0.0325. The number of nitrogens with one attached hydrogen (secondary N) is 1. The van der Waals surface area contributed by atoms with Crippen LogP contribution in [0.2, 0.25) is 10.2 Å². The molecule has 0 spiro atoms. The number of nitrogens with zero attached hydrogens (tertiary/aromatic N) is 4. The predicted octanol–water partition coefficient (Wildman–Crippen LogP) is 5.14. The van der Waals surface area contributed by atoms with Crippen LogP contribution in [0, 0.1) is 13.8 Å². The maximum Gasteiger partial charge on any atom is 0.264 e. The molecule has 0 fully saturated rings. The summed E-state index contributed by atoms with van der Waals surface area (Å²) in [4.78, 5) is 12.9. The summed E-state index contributed by atoms with van der Waals surface area (Å²) in [6.07, 6.45) is 1.37. The molecule has 0 aliphatic rings. The second-order valence-corrected chi connectivity index (χ2v) is 10.7. The molecule has 0 radical (unpaired) electrons. The van der Waals surface area contributed by atoms with Crippen molar-refractivity contribution in [2.45, 2.75) is 18.7 Å². The van der Waals surface area contributed by atoms with E-state index >= 15 is 0 Å². The number of para-hydroxylation sites is 2. The fourth-order valence-corrected chi connectivity index (χ4v) is 5.56. The molecule has 0 bridgehead atoms. The molecular formula is C26H23Cl2N5O3S. The lowest BCUT2D eigenvalue weighted by Crippen LogP contribution is -2.39. The summed E-state index contributed by atoms with van der Waals surface area (Å²) in [5, 5.41) is 8.71. The lowest BCUT2D eigenvalue weighted by atomic mass is 10.2. The molecule has 1 heterocycles. The van der Waals surface area contributed by atoms with Crippen molar-refractivity contribution in [1.82, 2.24) is 15.2 Å². The molecule has 1 aromatic heterocycles. The molecule has 1 N–H and O–H groups in total. The molecule has 1 amide bonds. The minimum atomic E-state index is -4.10. The zero-order valence-electron chi connectivity index (χ0n) is 20.0. The van der Waals surface area contributed by atoms with E-state index < -0.39 is 22.5 Å². The zero-order valence-corrected chi connectivity index (χ0v) is 22.3. The summed E-state index contributed by atoms with van der Waals surface area (Å²) >= 11 is 12.6. The first-order valence-electron chi connectivity index (χ1n) is 11.1. The van der Waals surface area contributed by atoms with Crippen molar-refractivity contribution in [3.63, 3.8) is 0 Å². The van der Waals surface area contributed by atoms with Gasteiger partial charge in [0.25, 0.3) is 15.9 Å². The van der Waals surface area contributed by atoms with Crippen LogP contribution in [-0.4, -0.2) is 36.9 Å². The summed E-state index contributed by atoms with van der Waals surface area (Å²) in [5.41, 5.74) is 5.50. The van der Waals surface area contributed by atoms with Gasteiger partial charge in [0.1, 0.15) is 6.54 Å². The van der Waals surface area contributed by atoms with Gasteiger partial charge in [0, 0.05) is 0 Å². The van der Waals surface area contributed by atoms with Crippen molar-refractivity contribution in [2.75, 3.05) is 10.8 Å². The Kier molecular flexibility index (Phi) is 7.97. The number of anilines is 1. The largest absolute Gasteiger partial charge is 0.271 e. The number of rotatable bonds is 8. The van der Waals surface area contributed by atoms with E-state index in [1.165, 1.54) is 24.4 Å². The molecule has 11 heteroatoms. The van der Waals surface area contributed by atoms with Gasteiger partial charge in [0.15, 0.2) is 5.15 Å². The van der Waals surface area contributed by atoms with E-state index in [4.69, 9.17) is 23.2 Å². The average molecular weight is 556 g/mol. The van der Waals surface area contributed by atoms with Crippen molar-refractivity contribution in [3.8, 4) is 5.69 Å². The third-order valence-corrected chi connectivity index (χ3v) is 7.89. The van der Waals surface area contributed by atoms with E-state index in [2.05, 4.69) is 15.6 Å². The average Bonchev–Trinajstić information content (AvgIpc) is 3.17. The third kappa shape index (κ3) is 5.85. The number of aromatic nitrogens is 2. The Bertz CT molecular complexity index is 1550. The maximum absolute atomic E-state index is 13.5. The first kappa shape index (κ1) is 26.4. The van der Waals surface area contributed by atoms with Crippen LogP contribution in [0.15, 0.2) is 88.9 Å². The highest BCUT2D eigenvalue weighted by atomic mass is 35.5. The van der Waals surface area contributed by atoms with Crippen LogP contribution >= 0.6 is 23.2 Å². The Morgan fingerprint density at radius 2 is 1.65 bits per heavy atom. The molecular weight excluding hydrogens is 533 g/mol. The van der Waals surface area contributed by atoms with Crippen molar-refractivity contribution in [2.24, 2.45) is 5.10 Å². The summed E-state index contributed by atoms with van der Waals surface area (Å²) in [6, 6.07) is 22.2. The van der Waals surface area contributed by atoms with Crippen molar-refractivity contribution in [3.05, 3.63) is 106 Å². The molecule has 0 saturated carbocycles. The molecule has 3 aromatic carbocycles. The third-order valence-electron chi connectivity index (χ3n) is 5.52. The van der Waals surface area contributed by atoms with Gasteiger partial charge in [-0.1, -0.05) is 71.2 Å². The van der Waals surface area contributed by atoms with Gasteiger partial charge >= 0.3 is 0 Å². The SMILES string of the molecule is Cc1ccc(S(=O)(=O)N(CC(=O)N/N=C\c2c(Cl)nn(-c3ccccc3)c2C)c2ccccc2Cl)cc1. The van der Waals surface area contributed by atoms with Crippen LogP contribution in [0.25, 0.3) is 5.69 Å². The monoisotopic (exact) mass is 555 g/mol. The normalized spacial score (nSPS) is 11.6. The summed E-state index contributed by atoms with van der Waals surface area (Å²) in [6.45, 7) is 3.13. The second-order valence-electron chi connectivity index (χ2n) is 8.11. The van der Waals surface area contributed by atoms with E-state index in [0.717, 1.165) is 15.6 Å². The molecule has 4 rings (SSSR count). The Labute approximate surface area is 225 Å². The van der Waals surface area contributed by atoms with Gasteiger partial charge in [0.2, 0.25) is 0 Å². The van der Waals surface area contributed by atoms with Crippen LogP contribution in [0.4, 0.5) is 5.69 Å². The summed E-state index contributed by atoms with van der Waals surface area (Å²) in [7, 11) is -4.10. The molecule has 0 aliphatic heterocycles. The number of carbonyl (C=O) groups is 1. The van der Waals surface area contributed by atoms with Crippen LogP contribution in [0.5, 0.6) is 0 Å². The number of carbonyl (C=O) groups excluding carboxylic acids is 1. The number of hydrogen-bond donors (Lipinski definition) is 1. The van der Waals surface area contributed by atoms with Crippen molar-refractivity contribution in [1.29, 1.82) is 0 Å². The van der Waals surface area contributed by atoms with E-state index in [9.17, 15) is 13.2 Å². The van der Waals surface area contributed by atoms with Gasteiger partial charge in [-0.25, -0.2) is 18.5 Å². The number of halogens is 2. The van der Waals surface area contributed by atoms with Gasteiger partial charge in [-0.15, -0.1) is 0 Å². The Hall–Kier alpha value is -3.66. The van der Waals surface area contributed by atoms with Crippen LogP contribution in [-0.2, 0) is 14.8 Å². The van der Waals surface area contributed by atoms with E-state index in [-0.39, 0.29) is 20.8 Å². The topological polar surface area (TPSA) is 96.7 Å². The molecule has 0 saturated heterocycles. The maximum atomic E-state index is 13.5. The van der Waals surface area contributed by atoms with Crippen LogP contribution in [0.1, 0.15) is 16.8 Å². The first-order chi connectivity index (χ1) is 17.7. The van der Waals surface area contributed by atoms with Gasteiger partial charge in [-0.2, -0.15) is 10.2 Å². The molecule has 0 aliphatic carbocycles. The number of benzene rings is 3. The lowest BCUT2D eigenvalue weighted by molar-refractivity contribution is -0.119. The molecule has 0 atom stereocenters. The van der Waals surface area contributed by atoms with E-state index in [1.807, 2.05) is 44.2 Å². The highest BCUT2D eigenvalue weighted by molar-refractivity contribution is 7.92. The van der Waals surface area contributed by atoms with Gasteiger partial charge < -0.3 is 0 Å². The standard InChI is InChI=1S/C26H23Cl2N5O3S/c1-18-12-14-21(15-13-18)37(35,36)32(24-11-7-6-10-23(24)27)17-25(34)30-29-16-22-19(2)33(31-26(22)28)20-8-4-3-5-9-20/h3-16H,17H2,1-2H3,(H,30,34)/b29-16-. The molecule has 0 unspecified atom stereocenters. The number of hydrogen-bond acceptors (Lipinski definition) is 5. The number of sulfonamides is 1. The van der Waals surface area contributed by atoms with Crippen molar-refractivity contribution < 1.29 is 13.2 Å². The minimum Gasteiger partial charge on any atom is -0.271 e. The van der Waals surface area contributed by atoms with Gasteiger partial charge in [-0.3, -0.25) is 9.10 Å². The highest BCUT2D eigenvalue weighted by Gasteiger charge is 2.28.